The first kappa shape index (κ1) is 13.4. The molecule has 0 unspecified atom stereocenters. The number of esters is 1. The molecule has 0 spiro atoms. The molecule has 0 saturated heterocycles. The molecule has 0 rings (SSSR count). The van der Waals surface area contributed by atoms with Crippen LogP contribution in [0.2, 0.25) is 0 Å². The summed E-state index contributed by atoms with van der Waals surface area (Å²) in [5.74, 6) is -3.23. The number of hydrogen-bond acceptors (Lipinski definition) is 4. The molecule has 0 fully saturated rings. The molecule has 0 aromatic rings. The molecule has 0 aromatic heterocycles. The smallest absolute Gasteiger partial charge is 0.366 e. The summed E-state index contributed by atoms with van der Waals surface area (Å²) < 4.78 is 4.71. The Hall–Kier alpha value is -0.610. The Morgan fingerprint density at radius 3 is 2.29 bits per heavy atom. The first-order chi connectivity index (χ1) is 6.54. The topological polar surface area (TPSA) is 66.8 Å². The predicted molar refractivity (Wildman–Crippen MR) is 52.6 cm³/mol. The SMILES string of the molecule is CCCCOC(=O)C(O)(O)CCCC. The van der Waals surface area contributed by atoms with Crippen molar-refractivity contribution in [3.05, 3.63) is 0 Å². The second kappa shape index (κ2) is 6.79. The van der Waals surface area contributed by atoms with E-state index in [4.69, 9.17) is 4.74 Å². The summed E-state index contributed by atoms with van der Waals surface area (Å²) >= 11 is 0. The Kier molecular flexibility index (Phi) is 6.49. The summed E-state index contributed by atoms with van der Waals surface area (Å²) in [5, 5.41) is 18.6. The average Bonchev–Trinajstić information content (AvgIpc) is 2.15. The van der Waals surface area contributed by atoms with Crippen LogP contribution in [0.15, 0.2) is 0 Å². The lowest BCUT2D eigenvalue weighted by molar-refractivity contribution is -0.211. The minimum absolute atomic E-state index is 0.0362. The van der Waals surface area contributed by atoms with Gasteiger partial charge in [0.1, 0.15) is 0 Å². The summed E-state index contributed by atoms with van der Waals surface area (Å²) in [6, 6.07) is 0. The van der Waals surface area contributed by atoms with Crippen molar-refractivity contribution in [1.82, 2.24) is 0 Å². The van der Waals surface area contributed by atoms with Gasteiger partial charge in [-0.05, 0) is 12.8 Å². The number of hydrogen-bond donors (Lipinski definition) is 2. The van der Waals surface area contributed by atoms with Crippen molar-refractivity contribution >= 4 is 5.97 Å². The first-order valence-corrected chi connectivity index (χ1v) is 5.16. The predicted octanol–water partition coefficient (Wildman–Crippen LogP) is 1.20. The van der Waals surface area contributed by atoms with Gasteiger partial charge in [-0.3, -0.25) is 0 Å². The maximum atomic E-state index is 11.1. The van der Waals surface area contributed by atoms with Crippen molar-refractivity contribution in [1.29, 1.82) is 0 Å². The number of ether oxygens (including phenoxy) is 1. The third-order valence-electron chi connectivity index (χ3n) is 1.94. The maximum Gasteiger partial charge on any atom is 0.366 e. The van der Waals surface area contributed by atoms with E-state index >= 15 is 0 Å². The zero-order chi connectivity index (χ0) is 11.0. The monoisotopic (exact) mass is 204 g/mol. The van der Waals surface area contributed by atoms with Crippen LogP contribution in [0.5, 0.6) is 0 Å². The fourth-order valence-corrected chi connectivity index (χ4v) is 0.950. The Morgan fingerprint density at radius 2 is 1.79 bits per heavy atom. The van der Waals surface area contributed by atoms with Gasteiger partial charge in [-0.2, -0.15) is 0 Å². The molecule has 0 atom stereocenters. The third-order valence-corrected chi connectivity index (χ3v) is 1.94. The lowest BCUT2D eigenvalue weighted by atomic mass is 10.1. The van der Waals surface area contributed by atoms with Crippen LogP contribution in [0.4, 0.5) is 0 Å². The standard InChI is InChI=1S/C10H20O4/c1-3-5-7-10(12,13)9(11)14-8-6-4-2/h12-13H,3-8H2,1-2H3. The number of aliphatic hydroxyl groups is 2. The molecule has 0 bridgehead atoms. The summed E-state index contributed by atoms with van der Waals surface area (Å²) in [6.07, 6.45) is 3.09. The van der Waals surface area contributed by atoms with Crippen molar-refractivity contribution in [2.24, 2.45) is 0 Å². The average molecular weight is 204 g/mol. The molecular formula is C10H20O4. The van der Waals surface area contributed by atoms with Gasteiger partial charge in [-0.25, -0.2) is 4.79 Å². The van der Waals surface area contributed by atoms with E-state index in [9.17, 15) is 15.0 Å². The van der Waals surface area contributed by atoms with Crippen LogP contribution in [0, 0.1) is 0 Å². The van der Waals surface area contributed by atoms with Gasteiger partial charge in [-0.15, -0.1) is 0 Å². The highest BCUT2D eigenvalue weighted by molar-refractivity contribution is 5.77. The van der Waals surface area contributed by atoms with Crippen LogP contribution in [0.3, 0.4) is 0 Å². The van der Waals surface area contributed by atoms with E-state index in [1.807, 2.05) is 13.8 Å². The number of carbonyl (C=O) groups is 1. The van der Waals surface area contributed by atoms with E-state index in [2.05, 4.69) is 0 Å². The lowest BCUT2D eigenvalue weighted by Gasteiger charge is -2.19. The maximum absolute atomic E-state index is 11.1. The van der Waals surface area contributed by atoms with Crippen molar-refractivity contribution < 1.29 is 19.7 Å². The second-order valence-corrected chi connectivity index (χ2v) is 3.41. The molecule has 0 aliphatic heterocycles. The van der Waals surface area contributed by atoms with E-state index < -0.39 is 11.8 Å². The molecule has 2 N–H and O–H groups in total. The van der Waals surface area contributed by atoms with Crippen molar-refractivity contribution in [3.8, 4) is 0 Å². The zero-order valence-electron chi connectivity index (χ0n) is 8.95. The molecule has 0 amide bonds. The molecular weight excluding hydrogens is 184 g/mol. The van der Waals surface area contributed by atoms with Gasteiger partial charge in [0.15, 0.2) is 0 Å². The molecule has 0 aliphatic rings. The van der Waals surface area contributed by atoms with E-state index in [-0.39, 0.29) is 13.0 Å². The molecule has 14 heavy (non-hydrogen) atoms. The molecule has 0 aromatic carbocycles. The lowest BCUT2D eigenvalue weighted by Crippen LogP contribution is -2.40. The fourth-order valence-electron chi connectivity index (χ4n) is 0.950. The highest BCUT2D eigenvalue weighted by Crippen LogP contribution is 2.12. The van der Waals surface area contributed by atoms with Gasteiger partial charge in [0.2, 0.25) is 0 Å². The quantitative estimate of drug-likeness (QED) is 0.371. The molecule has 84 valence electrons. The zero-order valence-corrected chi connectivity index (χ0v) is 8.95. The summed E-state index contributed by atoms with van der Waals surface area (Å²) in [6.45, 7) is 4.14. The van der Waals surface area contributed by atoms with Crippen molar-refractivity contribution in [2.75, 3.05) is 6.61 Å². The van der Waals surface area contributed by atoms with Gasteiger partial charge in [0.05, 0.1) is 6.61 Å². The fraction of sp³-hybridized carbons (Fsp3) is 0.900. The van der Waals surface area contributed by atoms with Crippen molar-refractivity contribution in [2.45, 2.75) is 51.7 Å². The summed E-state index contributed by atoms with van der Waals surface area (Å²) in [7, 11) is 0. The van der Waals surface area contributed by atoms with Gasteiger partial charge in [0.25, 0.3) is 5.79 Å². The highest BCUT2D eigenvalue weighted by Gasteiger charge is 2.33. The Labute approximate surface area is 84.9 Å². The number of unbranched alkanes of at least 4 members (excludes halogenated alkanes) is 2. The van der Waals surface area contributed by atoms with Crippen LogP contribution in [-0.4, -0.2) is 28.6 Å². The largest absolute Gasteiger partial charge is 0.462 e. The van der Waals surface area contributed by atoms with Crippen molar-refractivity contribution in [3.63, 3.8) is 0 Å². The first-order valence-electron chi connectivity index (χ1n) is 5.16. The number of rotatable bonds is 7. The van der Waals surface area contributed by atoms with E-state index in [1.165, 1.54) is 0 Å². The minimum atomic E-state index is -2.30. The van der Waals surface area contributed by atoms with E-state index in [1.54, 1.807) is 0 Å². The van der Waals surface area contributed by atoms with Gasteiger partial charge >= 0.3 is 5.97 Å². The molecule has 0 radical (unpaired) electrons. The van der Waals surface area contributed by atoms with E-state index in [0.717, 1.165) is 19.3 Å². The normalized spacial score (nSPS) is 11.4. The van der Waals surface area contributed by atoms with Gasteiger partial charge in [-0.1, -0.05) is 26.7 Å². The molecule has 4 heteroatoms. The minimum Gasteiger partial charge on any atom is -0.462 e. The molecule has 0 heterocycles. The van der Waals surface area contributed by atoms with Crippen LogP contribution in [0.1, 0.15) is 46.0 Å². The van der Waals surface area contributed by atoms with Crippen LogP contribution in [-0.2, 0) is 9.53 Å². The molecule has 0 saturated carbocycles. The Bertz CT molecular complexity index is 166. The molecule has 4 nitrogen and oxygen atoms in total. The third kappa shape index (κ3) is 5.19. The van der Waals surface area contributed by atoms with Gasteiger partial charge in [0, 0.05) is 6.42 Å². The van der Waals surface area contributed by atoms with Crippen LogP contribution < -0.4 is 0 Å². The van der Waals surface area contributed by atoms with E-state index in [0.29, 0.717) is 6.42 Å². The Balaban J connectivity index is 3.82. The molecule has 0 aliphatic carbocycles. The second-order valence-electron chi connectivity index (χ2n) is 3.41. The van der Waals surface area contributed by atoms with Crippen LogP contribution >= 0.6 is 0 Å². The number of carbonyl (C=O) groups excluding carboxylic acids is 1. The summed E-state index contributed by atoms with van der Waals surface area (Å²) in [4.78, 5) is 11.1. The summed E-state index contributed by atoms with van der Waals surface area (Å²) in [5.41, 5.74) is 0. The van der Waals surface area contributed by atoms with Crippen LogP contribution in [0.25, 0.3) is 0 Å². The highest BCUT2D eigenvalue weighted by atomic mass is 16.6. The Morgan fingerprint density at radius 1 is 1.21 bits per heavy atom. The van der Waals surface area contributed by atoms with Gasteiger partial charge < -0.3 is 14.9 Å².